The molecule has 0 radical (unpaired) electrons. The zero-order valence-electron chi connectivity index (χ0n) is 15.6. The summed E-state index contributed by atoms with van der Waals surface area (Å²) in [6, 6.07) is 14.3. The molecular formula is C20H20N2O4S3. The van der Waals surface area contributed by atoms with Crippen LogP contribution in [0.1, 0.15) is 21.3 Å². The van der Waals surface area contributed by atoms with Crippen LogP contribution in [-0.2, 0) is 26.0 Å². The van der Waals surface area contributed by atoms with Crippen molar-refractivity contribution in [1.29, 1.82) is 0 Å². The topological polar surface area (TPSA) is 92.3 Å². The summed E-state index contributed by atoms with van der Waals surface area (Å²) < 4.78 is 26.2. The first-order valence-corrected chi connectivity index (χ1v) is 12.1. The summed E-state index contributed by atoms with van der Waals surface area (Å²) in [6.07, 6.45) is 0. The summed E-state index contributed by atoms with van der Waals surface area (Å²) in [5.74, 6) is -1.66. The molecule has 152 valence electrons. The van der Waals surface area contributed by atoms with Crippen molar-refractivity contribution in [1.82, 2.24) is 10.6 Å². The van der Waals surface area contributed by atoms with Crippen molar-refractivity contribution in [2.24, 2.45) is 0 Å². The molecule has 3 rings (SSSR count). The van der Waals surface area contributed by atoms with Gasteiger partial charge >= 0.3 is 11.8 Å². The van der Waals surface area contributed by atoms with Gasteiger partial charge in [-0.15, -0.1) is 22.7 Å². The maximum atomic E-state index is 13.0. The van der Waals surface area contributed by atoms with E-state index >= 15 is 0 Å². The molecule has 0 spiro atoms. The Bertz CT molecular complexity index is 1060. The minimum absolute atomic E-state index is 0.183. The number of nitrogens with one attached hydrogen (secondary N) is 2. The van der Waals surface area contributed by atoms with E-state index in [1.165, 1.54) is 17.4 Å². The van der Waals surface area contributed by atoms with Crippen molar-refractivity contribution >= 4 is 44.3 Å². The van der Waals surface area contributed by atoms with Crippen LogP contribution in [0.15, 0.2) is 63.5 Å². The van der Waals surface area contributed by atoms with E-state index < -0.39 is 26.9 Å². The first-order valence-electron chi connectivity index (χ1n) is 8.80. The predicted molar refractivity (Wildman–Crippen MR) is 115 cm³/mol. The number of hydrogen-bond acceptors (Lipinski definition) is 6. The summed E-state index contributed by atoms with van der Waals surface area (Å²) in [4.78, 5) is 24.9. The van der Waals surface area contributed by atoms with Gasteiger partial charge in [-0.25, -0.2) is 8.42 Å². The molecule has 0 fully saturated rings. The molecule has 29 heavy (non-hydrogen) atoms. The average Bonchev–Trinajstić information content (AvgIpc) is 3.41. The zero-order chi connectivity index (χ0) is 20.9. The quantitative estimate of drug-likeness (QED) is 0.544. The fraction of sp³-hybridized carbons (Fsp3) is 0.200. The second kappa shape index (κ2) is 9.34. The van der Waals surface area contributed by atoms with Gasteiger partial charge in [0.15, 0.2) is 9.84 Å². The number of amides is 2. The third kappa shape index (κ3) is 5.31. The number of sulfone groups is 1. The molecule has 6 nitrogen and oxygen atoms in total. The van der Waals surface area contributed by atoms with Crippen LogP contribution in [0.2, 0.25) is 0 Å². The van der Waals surface area contributed by atoms with Gasteiger partial charge in [0.05, 0.1) is 0 Å². The van der Waals surface area contributed by atoms with Gasteiger partial charge in [-0.05, 0) is 35.4 Å². The normalized spacial score (nSPS) is 12.3. The monoisotopic (exact) mass is 448 g/mol. The van der Waals surface area contributed by atoms with Crippen molar-refractivity contribution in [3.63, 3.8) is 0 Å². The van der Waals surface area contributed by atoms with E-state index in [-0.39, 0.29) is 17.3 Å². The molecule has 2 amide bonds. The van der Waals surface area contributed by atoms with Gasteiger partial charge in [-0.2, -0.15) is 0 Å². The summed E-state index contributed by atoms with van der Waals surface area (Å²) in [7, 11) is -3.68. The molecule has 9 heteroatoms. The lowest BCUT2D eigenvalue weighted by atomic mass is 10.1. The number of carbonyl (C=O) groups excluding carboxylic acids is 2. The zero-order valence-corrected chi connectivity index (χ0v) is 18.1. The first kappa shape index (κ1) is 21.2. The number of thiophene rings is 2. The van der Waals surface area contributed by atoms with Gasteiger partial charge in [0.25, 0.3) is 0 Å². The van der Waals surface area contributed by atoms with E-state index in [1.54, 1.807) is 29.0 Å². The molecule has 2 N–H and O–H groups in total. The van der Waals surface area contributed by atoms with Crippen LogP contribution >= 0.6 is 22.7 Å². The SMILES string of the molecule is Cc1ccc(CNC(=O)C(=O)NC[C@@H](c2cccs2)S(=O)(=O)c2cccs2)cc1. The molecule has 0 unspecified atom stereocenters. The van der Waals surface area contributed by atoms with E-state index in [2.05, 4.69) is 10.6 Å². The molecule has 0 bridgehead atoms. The molecule has 0 aliphatic heterocycles. The molecule has 0 aliphatic rings. The van der Waals surface area contributed by atoms with Crippen LogP contribution in [0.4, 0.5) is 0 Å². The van der Waals surface area contributed by atoms with Crippen LogP contribution in [0.5, 0.6) is 0 Å². The minimum Gasteiger partial charge on any atom is -0.346 e. The molecule has 2 aromatic heterocycles. The van der Waals surface area contributed by atoms with Crippen LogP contribution in [0.3, 0.4) is 0 Å². The summed E-state index contributed by atoms with van der Waals surface area (Å²) >= 11 is 2.42. The largest absolute Gasteiger partial charge is 0.346 e. The fourth-order valence-corrected chi connectivity index (χ4v) is 6.63. The van der Waals surface area contributed by atoms with E-state index in [0.29, 0.717) is 4.88 Å². The Morgan fingerprint density at radius 1 is 0.931 bits per heavy atom. The van der Waals surface area contributed by atoms with Gasteiger partial charge in [0.2, 0.25) is 0 Å². The Kier molecular flexibility index (Phi) is 6.83. The molecule has 0 saturated heterocycles. The van der Waals surface area contributed by atoms with Gasteiger partial charge in [-0.1, -0.05) is 42.0 Å². The second-order valence-electron chi connectivity index (χ2n) is 6.36. The summed E-state index contributed by atoms with van der Waals surface area (Å²) in [6.45, 7) is 2.00. The molecule has 1 atom stereocenters. The van der Waals surface area contributed by atoms with Crippen molar-refractivity contribution < 1.29 is 18.0 Å². The number of rotatable bonds is 7. The maximum absolute atomic E-state index is 13.0. The predicted octanol–water partition coefficient (Wildman–Crippen LogP) is 3.07. The van der Waals surface area contributed by atoms with Crippen molar-refractivity contribution in [3.05, 3.63) is 75.3 Å². The first-order chi connectivity index (χ1) is 13.9. The Hall–Kier alpha value is -2.49. The number of aryl methyl sites for hydroxylation is 1. The Balaban J connectivity index is 1.64. The van der Waals surface area contributed by atoms with Gasteiger partial charge in [0, 0.05) is 18.0 Å². The standard InChI is InChI=1S/C20H20N2O4S3/c1-14-6-8-15(9-7-14)12-21-19(23)20(24)22-13-17(16-4-2-10-27-16)29(25,26)18-5-3-11-28-18/h2-11,17H,12-13H2,1H3,(H,21,23)(H,22,24)/t17-/m0/s1. The van der Waals surface area contributed by atoms with Gasteiger partial charge in [0.1, 0.15) is 9.46 Å². The molecule has 0 saturated carbocycles. The molecule has 2 heterocycles. The maximum Gasteiger partial charge on any atom is 0.309 e. The summed E-state index contributed by atoms with van der Waals surface area (Å²) in [5, 5.41) is 7.53. The average molecular weight is 449 g/mol. The van der Waals surface area contributed by atoms with Gasteiger partial charge in [-0.3, -0.25) is 9.59 Å². The molecule has 0 aliphatic carbocycles. The fourth-order valence-electron chi connectivity index (χ4n) is 2.64. The van der Waals surface area contributed by atoms with Crippen LogP contribution in [-0.4, -0.2) is 26.8 Å². The molecular weight excluding hydrogens is 428 g/mol. The number of benzene rings is 1. The number of carbonyl (C=O) groups is 2. The smallest absolute Gasteiger partial charge is 0.309 e. The van der Waals surface area contributed by atoms with Crippen LogP contribution in [0, 0.1) is 6.92 Å². The lowest BCUT2D eigenvalue weighted by Gasteiger charge is -2.16. The van der Waals surface area contributed by atoms with Crippen molar-refractivity contribution in [2.75, 3.05) is 6.54 Å². The van der Waals surface area contributed by atoms with E-state index in [9.17, 15) is 18.0 Å². The molecule has 1 aromatic carbocycles. The highest BCUT2D eigenvalue weighted by atomic mass is 32.2. The lowest BCUT2D eigenvalue weighted by Crippen LogP contribution is -2.41. The lowest BCUT2D eigenvalue weighted by molar-refractivity contribution is -0.139. The highest BCUT2D eigenvalue weighted by Crippen LogP contribution is 2.33. The van der Waals surface area contributed by atoms with E-state index in [1.807, 2.05) is 31.2 Å². The van der Waals surface area contributed by atoms with Crippen molar-refractivity contribution in [2.45, 2.75) is 22.9 Å². The second-order valence-corrected chi connectivity index (χ2v) is 10.6. The highest BCUT2D eigenvalue weighted by Gasteiger charge is 2.31. The molecule has 3 aromatic rings. The van der Waals surface area contributed by atoms with Crippen LogP contribution < -0.4 is 10.6 Å². The van der Waals surface area contributed by atoms with E-state index in [0.717, 1.165) is 22.5 Å². The third-order valence-corrected chi connectivity index (χ3v) is 8.89. The highest BCUT2D eigenvalue weighted by molar-refractivity contribution is 7.93. The minimum atomic E-state index is -3.68. The Morgan fingerprint density at radius 2 is 1.59 bits per heavy atom. The Morgan fingerprint density at radius 3 is 2.21 bits per heavy atom. The van der Waals surface area contributed by atoms with Crippen molar-refractivity contribution in [3.8, 4) is 0 Å². The van der Waals surface area contributed by atoms with Gasteiger partial charge < -0.3 is 10.6 Å². The summed E-state index contributed by atoms with van der Waals surface area (Å²) in [5.41, 5.74) is 1.97. The Labute approximate surface area is 177 Å². The van der Waals surface area contributed by atoms with Crippen LogP contribution in [0.25, 0.3) is 0 Å². The van der Waals surface area contributed by atoms with E-state index in [4.69, 9.17) is 0 Å². The number of hydrogen-bond donors (Lipinski definition) is 2. The third-order valence-electron chi connectivity index (χ3n) is 4.24.